The van der Waals surface area contributed by atoms with Crippen molar-refractivity contribution in [3.05, 3.63) is 0 Å². The molecule has 1 saturated heterocycles. The fourth-order valence-electron chi connectivity index (χ4n) is 4.12. The predicted molar refractivity (Wildman–Crippen MR) is 67.7 cm³/mol. The van der Waals surface area contributed by atoms with Crippen LogP contribution in [0.3, 0.4) is 0 Å². The summed E-state index contributed by atoms with van der Waals surface area (Å²) in [6.45, 7) is 4.13. The first-order valence-electron chi connectivity index (χ1n) is 7.35. The van der Waals surface area contributed by atoms with E-state index in [9.17, 15) is 18.3 Å². The molecule has 0 bridgehead atoms. The van der Waals surface area contributed by atoms with E-state index in [1.807, 2.05) is 0 Å². The number of hydrogen-bond acceptors (Lipinski definition) is 2. The highest BCUT2D eigenvalue weighted by atomic mass is 19.4. The molecule has 0 spiro atoms. The Morgan fingerprint density at radius 3 is 2.53 bits per heavy atom. The van der Waals surface area contributed by atoms with Crippen LogP contribution >= 0.6 is 0 Å². The highest BCUT2D eigenvalue weighted by molar-refractivity contribution is 4.97. The monoisotopic (exact) mass is 279 g/mol. The van der Waals surface area contributed by atoms with Crippen LogP contribution < -0.4 is 5.32 Å². The van der Waals surface area contributed by atoms with E-state index in [-0.39, 0.29) is 23.9 Å². The van der Waals surface area contributed by atoms with Gasteiger partial charge in [0.25, 0.3) is 0 Å². The summed E-state index contributed by atoms with van der Waals surface area (Å²) in [7, 11) is 0. The van der Waals surface area contributed by atoms with Crippen LogP contribution in [0.2, 0.25) is 0 Å². The zero-order valence-electron chi connectivity index (χ0n) is 11.6. The van der Waals surface area contributed by atoms with E-state index in [4.69, 9.17) is 0 Å². The number of aliphatic hydroxyl groups excluding tert-OH is 1. The van der Waals surface area contributed by atoms with E-state index in [0.29, 0.717) is 6.42 Å². The minimum absolute atomic E-state index is 0.00609. The maximum atomic E-state index is 12.8. The Morgan fingerprint density at radius 2 is 1.95 bits per heavy atom. The third-order valence-electron chi connectivity index (χ3n) is 5.11. The Morgan fingerprint density at radius 1 is 1.26 bits per heavy atom. The molecule has 5 heteroatoms. The molecule has 6 atom stereocenters. The molecule has 0 aromatic carbocycles. The second-order valence-electron chi connectivity index (χ2n) is 6.21. The third-order valence-corrected chi connectivity index (χ3v) is 5.11. The highest BCUT2D eigenvalue weighted by Gasteiger charge is 2.50. The van der Waals surface area contributed by atoms with Gasteiger partial charge in [-0.1, -0.05) is 13.3 Å². The zero-order chi connectivity index (χ0) is 14.2. The summed E-state index contributed by atoms with van der Waals surface area (Å²) in [5, 5.41) is 13.1. The maximum Gasteiger partial charge on any atom is 0.414 e. The molecule has 0 radical (unpaired) electrons. The van der Waals surface area contributed by atoms with Gasteiger partial charge in [0, 0.05) is 12.1 Å². The average molecular weight is 279 g/mol. The number of alkyl halides is 3. The van der Waals surface area contributed by atoms with Gasteiger partial charge in [-0.25, -0.2) is 0 Å². The first-order valence-corrected chi connectivity index (χ1v) is 7.35. The molecule has 2 nitrogen and oxygen atoms in total. The van der Waals surface area contributed by atoms with Crippen LogP contribution in [-0.2, 0) is 0 Å². The Hall–Kier alpha value is -0.290. The summed E-state index contributed by atoms with van der Waals surface area (Å²) in [4.78, 5) is 0. The number of hydrogen-bond donors (Lipinski definition) is 2. The van der Waals surface area contributed by atoms with Crippen molar-refractivity contribution in [2.45, 2.75) is 70.3 Å². The molecule has 2 fully saturated rings. The SMILES string of the molecule is CC[C@H]1C[C@H]2[C@@H](CCC[C@@H]2[C@H](O)C(F)(F)F)[C@H](C)N1. The predicted octanol–water partition coefficient (Wildman–Crippen LogP) is 3.10. The molecule has 0 aromatic heterocycles. The van der Waals surface area contributed by atoms with Gasteiger partial charge in [-0.05, 0) is 50.4 Å². The van der Waals surface area contributed by atoms with Crippen molar-refractivity contribution in [3.8, 4) is 0 Å². The van der Waals surface area contributed by atoms with Crippen molar-refractivity contribution >= 4 is 0 Å². The highest BCUT2D eigenvalue weighted by Crippen LogP contribution is 2.46. The van der Waals surface area contributed by atoms with Crippen LogP contribution in [0.5, 0.6) is 0 Å². The van der Waals surface area contributed by atoms with Crippen LogP contribution in [0.4, 0.5) is 13.2 Å². The number of piperidine rings is 1. The molecular formula is C14H24F3NO. The first kappa shape index (κ1) is 15.1. The summed E-state index contributed by atoms with van der Waals surface area (Å²) >= 11 is 0. The average Bonchev–Trinajstić information content (AvgIpc) is 2.36. The number of halogens is 3. The van der Waals surface area contributed by atoms with Gasteiger partial charge in [0.05, 0.1) is 0 Å². The quantitative estimate of drug-likeness (QED) is 0.814. The minimum atomic E-state index is -4.48. The number of nitrogens with one attached hydrogen (secondary N) is 1. The first-order chi connectivity index (χ1) is 8.84. The van der Waals surface area contributed by atoms with Crippen LogP contribution in [-0.4, -0.2) is 29.5 Å². The van der Waals surface area contributed by atoms with E-state index >= 15 is 0 Å². The van der Waals surface area contributed by atoms with Crippen LogP contribution in [0.1, 0.15) is 46.0 Å². The van der Waals surface area contributed by atoms with Gasteiger partial charge >= 0.3 is 6.18 Å². The summed E-state index contributed by atoms with van der Waals surface area (Å²) in [5.41, 5.74) is 0. The van der Waals surface area contributed by atoms with E-state index in [2.05, 4.69) is 19.2 Å². The minimum Gasteiger partial charge on any atom is -0.383 e. The van der Waals surface area contributed by atoms with Gasteiger partial charge in [-0.3, -0.25) is 0 Å². The fourth-order valence-corrected chi connectivity index (χ4v) is 4.12. The van der Waals surface area contributed by atoms with E-state index in [1.54, 1.807) is 0 Å². The van der Waals surface area contributed by atoms with Gasteiger partial charge in [-0.2, -0.15) is 13.2 Å². The zero-order valence-corrected chi connectivity index (χ0v) is 11.6. The van der Waals surface area contributed by atoms with Crippen LogP contribution in [0.25, 0.3) is 0 Å². The molecule has 0 amide bonds. The lowest BCUT2D eigenvalue weighted by atomic mass is 9.63. The number of rotatable bonds is 2. The van der Waals surface area contributed by atoms with Crippen molar-refractivity contribution in [2.24, 2.45) is 17.8 Å². The number of fused-ring (bicyclic) bond motifs is 1. The van der Waals surface area contributed by atoms with Gasteiger partial charge in [0.2, 0.25) is 0 Å². The van der Waals surface area contributed by atoms with Crippen LogP contribution in [0.15, 0.2) is 0 Å². The standard InChI is InChI=1S/C14H24F3NO/c1-3-9-7-12-10(8(2)18-9)5-4-6-11(12)13(19)14(15,16)17/h8-13,18-19H,3-7H2,1-2H3/t8-,9-,10-,11-,12-,13-/m0/s1. The lowest BCUT2D eigenvalue weighted by molar-refractivity contribution is -0.232. The molecule has 2 aliphatic rings. The summed E-state index contributed by atoms with van der Waals surface area (Å²) < 4.78 is 38.4. The molecule has 2 N–H and O–H groups in total. The normalized spacial score (nSPS) is 41.7. The maximum absolute atomic E-state index is 12.8. The van der Waals surface area contributed by atoms with Gasteiger partial charge in [0.1, 0.15) is 0 Å². The summed E-state index contributed by atoms with van der Waals surface area (Å²) in [6, 6.07) is 0.546. The molecule has 112 valence electrons. The lowest BCUT2D eigenvalue weighted by Crippen LogP contribution is -2.55. The largest absolute Gasteiger partial charge is 0.414 e. The molecule has 1 aliphatic heterocycles. The second-order valence-corrected chi connectivity index (χ2v) is 6.21. The smallest absolute Gasteiger partial charge is 0.383 e. The molecule has 0 unspecified atom stereocenters. The van der Waals surface area contributed by atoms with E-state index in [0.717, 1.165) is 25.7 Å². The van der Waals surface area contributed by atoms with Crippen molar-refractivity contribution in [1.29, 1.82) is 0 Å². The van der Waals surface area contributed by atoms with Gasteiger partial charge < -0.3 is 10.4 Å². The molecule has 1 aliphatic carbocycles. The van der Waals surface area contributed by atoms with E-state index in [1.165, 1.54) is 0 Å². The van der Waals surface area contributed by atoms with Gasteiger partial charge in [-0.15, -0.1) is 0 Å². The van der Waals surface area contributed by atoms with Crippen molar-refractivity contribution in [2.75, 3.05) is 0 Å². The van der Waals surface area contributed by atoms with E-state index < -0.39 is 18.2 Å². The molecule has 2 rings (SSSR count). The topological polar surface area (TPSA) is 32.3 Å². The Balaban J connectivity index is 2.16. The molecule has 1 heterocycles. The summed E-state index contributed by atoms with van der Waals surface area (Å²) in [6.07, 6.45) is -2.65. The third kappa shape index (κ3) is 3.07. The number of aliphatic hydroxyl groups is 1. The lowest BCUT2D eigenvalue weighted by Gasteiger charge is -2.49. The second kappa shape index (κ2) is 5.60. The van der Waals surface area contributed by atoms with Crippen molar-refractivity contribution < 1.29 is 18.3 Å². The van der Waals surface area contributed by atoms with Gasteiger partial charge in [0.15, 0.2) is 6.10 Å². The van der Waals surface area contributed by atoms with Crippen molar-refractivity contribution in [3.63, 3.8) is 0 Å². The Kier molecular flexibility index (Phi) is 4.45. The molecule has 1 saturated carbocycles. The molecular weight excluding hydrogens is 255 g/mol. The Bertz CT molecular complexity index is 308. The van der Waals surface area contributed by atoms with Crippen molar-refractivity contribution in [1.82, 2.24) is 5.32 Å². The summed E-state index contributed by atoms with van der Waals surface area (Å²) in [5.74, 6) is -0.331. The molecule has 0 aromatic rings. The molecule has 19 heavy (non-hydrogen) atoms. The Labute approximate surface area is 112 Å². The van der Waals surface area contributed by atoms with Crippen LogP contribution in [0, 0.1) is 17.8 Å². The fraction of sp³-hybridized carbons (Fsp3) is 1.00.